The van der Waals surface area contributed by atoms with Crippen molar-refractivity contribution in [3.8, 4) is 0 Å². The number of pyridine rings is 2. The first-order valence-electron chi connectivity index (χ1n) is 12.2. The van der Waals surface area contributed by atoms with Crippen LogP contribution in [0.25, 0.3) is 0 Å². The molecule has 0 atom stereocenters. The molecule has 36 heavy (non-hydrogen) atoms. The molecule has 0 aliphatic carbocycles. The number of amides is 1. The van der Waals surface area contributed by atoms with Crippen molar-refractivity contribution in [3.05, 3.63) is 83.2 Å². The highest BCUT2D eigenvalue weighted by molar-refractivity contribution is 5.92. The van der Waals surface area contributed by atoms with E-state index in [0.29, 0.717) is 18.8 Å². The molecule has 0 spiro atoms. The van der Waals surface area contributed by atoms with Gasteiger partial charge in [-0.05, 0) is 54.3 Å². The third-order valence-corrected chi connectivity index (χ3v) is 6.75. The molecule has 0 bridgehead atoms. The van der Waals surface area contributed by atoms with Crippen molar-refractivity contribution in [1.82, 2.24) is 35.3 Å². The minimum absolute atomic E-state index is 0.243. The molecular weight excluding hydrogens is 454 g/mol. The van der Waals surface area contributed by atoms with E-state index in [1.54, 1.807) is 12.4 Å². The molecule has 6 rings (SSSR count). The largest absolute Gasteiger partial charge is 0.350 e. The maximum Gasteiger partial charge on any atom is 0.272 e. The standard InChI is InChI=1S/C26H27N9O/c1-18-13-23(26(36)29-15-19-3-7-27-8-4-19)31-32-25(18)33-12-6-22-20(17-33)14-21(16-28-22)34-10-2-11-35-24(34)5-9-30-35/h3-5,7-9,13-14,16H,2,6,10-12,15,17H2,1H3,(H,29,36). The lowest BCUT2D eigenvalue weighted by Gasteiger charge is -2.33. The first-order valence-corrected chi connectivity index (χ1v) is 12.2. The van der Waals surface area contributed by atoms with Gasteiger partial charge in [0.25, 0.3) is 5.91 Å². The Hall–Kier alpha value is -4.34. The van der Waals surface area contributed by atoms with Crippen LogP contribution in [0.5, 0.6) is 0 Å². The highest BCUT2D eigenvalue weighted by Gasteiger charge is 2.24. The zero-order valence-electron chi connectivity index (χ0n) is 20.1. The number of nitrogens with zero attached hydrogens (tertiary/aromatic N) is 8. The van der Waals surface area contributed by atoms with Crippen LogP contribution in [0.4, 0.5) is 17.3 Å². The zero-order valence-corrected chi connectivity index (χ0v) is 20.1. The number of rotatable bonds is 5. The van der Waals surface area contributed by atoms with Crippen molar-refractivity contribution in [2.75, 3.05) is 22.9 Å². The summed E-state index contributed by atoms with van der Waals surface area (Å²) in [4.78, 5) is 25.9. The summed E-state index contributed by atoms with van der Waals surface area (Å²) in [5.74, 6) is 1.66. The molecule has 0 radical (unpaired) electrons. The lowest BCUT2D eigenvalue weighted by atomic mass is 10.0. The monoisotopic (exact) mass is 481 g/mol. The molecule has 4 aromatic rings. The van der Waals surface area contributed by atoms with Gasteiger partial charge in [0.1, 0.15) is 5.82 Å². The van der Waals surface area contributed by atoms with Gasteiger partial charge in [0, 0.05) is 63.3 Å². The number of carbonyl (C=O) groups excluding carboxylic acids is 1. The second-order valence-corrected chi connectivity index (χ2v) is 9.16. The molecule has 0 fully saturated rings. The summed E-state index contributed by atoms with van der Waals surface area (Å²) in [5, 5.41) is 16.0. The van der Waals surface area contributed by atoms with E-state index in [1.807, 2.05) is 42.2 Å². The van der Waals surface area contributed by atoms with Crippen molar-refractivity contribution >= 4 is 23.2 Å². The molecule has 2 aliphatic heterocycles. The van der Waals surface area contributed by atoms with Crippen molar-refractivity contribution in [3.63, 3.8) is 0 Å². The van der Waals surface area contributed by atoms with Crippen LogP contribution in [0.2, 0.25) is 0 Å². The van der Waals surface area contributed by atoms with Crippen LogP contribution in [-0.4, -0.2) is 48.9 Å². The topological polar surface area (TPSA) is 105 Å². The summed E-state index contributed by atoms with van der Waals surface area (Å²) in [6.07, 6.45) is 9.12. The second kappa shape index (κ2) is 9.37. The van der Waals surface area contributed by atoms with Crippen LogP contribution in [0.3, 0.4) is 0 Å². The fraction of sp³-hybridized carbons (Fsp3) is 0.308. The van der Waals surface area contributed by atoms with E-state index in [9.17, 15) is 4.79 Å². The van der Waals surface area contributed by atoms with E-state index in [2.05, 4.69) is 47.5 Å². The Labute approximate surface area is 209 Å². The van der Waals surface area contributed by atoms with Crippen LogP contribution in [-0.2, 0) is 26.1 Å². The van der Waals surface area contributed by atoms with Crippen LogP contribution in [0, 0.1) is 6.92 Å². The fourth-order valence-electron chi connectivity index (χ4n) is 4.90. The van der Waals surface area contributed by atoms with Gasteiger partial charge in [-0.25, -0.2) is 4.68 Å². The average molecular weight is 482 g/mol. The Morgan fingerprint density at radius 3 is 2.81 bits per heavy atom. The van der Waals surface area contributed by atoms with Gasteiger partial charge in [0.05, 0.1) is 18.1 Å². The molecule has 10 nitrogen and oxygen atoms in total. The van der Waals surface area contributed by atoms with Crippen molar-refractivity contribution < 1.29 is 4.79 Å². The zero-order chi connectivity index (χ0) is 24.5. The van der Waals surface area contributed by atoms with E-state index < -0.39 is 0 Å². The number of carbonyl (C=O) groups is 1. The summed E-state index contributed by atoms with van der Waals surface area (Å²) < 4.78 is 2.04. The van der Waals surface area contributed by atoms with E-state index >= 15 is 0 Å². The van der Waals surface area contributed by atoms with Gasteiger partial charge < -0.3 is 15.1 Å². The Morgan fingerprint density at radius 2 is 1.94 bits per heavy atom. The molecule has 4 aromatic heterocycles. The molecule has 6 heterocycles. The van der Waals surface area contributed by atoms with Gasteiger partial charge >= 0.3 is 0 Å². The molecule has 0 unspecified atom stereocenters. The van der Waals surface area contributed by atoms with E-state index in [0.717, 1.165) is 66.6 Å². The lowest BCUT2D eigenvalue weighted by molar-refractivity contribution is 0.0944. The van der Waals surface area contributed by atoms with Crippen molar-refractivity contribution in [1.29, 1.82) is 0 Å². The predicted molar refractivity (Wildman–Crippen MR) is 135 cm³/mol. The Bertz CT molecular complexity index is 1400. The molecule has 1 amide bonds. The number of hydrogen-bond acceptors (Lipinski definition) is 8. The minimum Gasteiger partial charge on any atom is -0.350 e. The van der Waals surface area contributed by atoms with Gasteiger partial charge in [-0.3, -0.25) is 14.8 Å². The van der Waals surface area contributed by atoms with Gasteiger partial charge in [-0.1, -0.05) is 0 Å². The van der Waals surface area contributed by atoms with Crippen LogP contribution >= 0.6 is 0 Å². The molecular formula is C26H27N9O. The normalized spacial score (nSPS) is 14.8. The summed E-state index contributed by atoms with van der Waals surface area (Å²) in [5.41, 5.74) is 5.61. The number of aryl methyl sites for hydroxylation is 2. The van der Waals surface area contributed by atoms with Crippen molar-refractivity contribution in [2.24, 2.45) is 0 Å². The van der Waals surface area contributed by atoms with E-state index in [4.69, 9.17) is 4.98 Å². The highest BCUT2D eigenvalue weighted by atomic mass is 16.1. The SMILES string of the molecule is Cc1cc(C(=O)NCc2ccncc2)nnc1N1CCc2ncc(N3CCCn4nccc43)cc2C1. The summed E-state index contributed by atoms with van der Waals surface area (Å²) >= 11 is 0. The molecule has 182 valence electrons. The van der Waals surface area contributed by atoms with Crippen LogP contribution in [0.1, 0.15) is 39.3 Å². The number of aromatic nitrogens is 6. The molecule has 10 heteroatoms. The second-order valence-electron chi connectivity index (χ2n) is 9.16. The molecule has 0 saturated carbocycles. The first-order chi connectivity index (χ1) is 17.7. The fourth-order valence-corrected chi connectivity index (χ4v) is 4.90. The molecule has 0 saturated heterocycles. The Kier molecular flexibility index (Phi) is 5.76. The van der Waals surface area contributed by atoms with E-state index in [1.165, 1.54) is 5.56 Å². The maximum absolute atomic E-state index is 12.6. The van der Waals surface area contributed by atoms with Gasteiger partial charge in [-0.2, -0.15) is 5.10 Å². The maximum atomic E-state index is 12.6. The number of nitrogens with one attached hydrogen (secondary N) is 1. The number of anilines is 3. The van der Waals surface area contributed by atoms with Crippen LogP contribution in [0.15, 0.2) is 55.1 Å². The van der Waals surface area contributed by atoms with Crippen LogP contribution < -0.4 is 15.1 Å². The van der Waals surface area contributed by atoms with Crippen molar-refractivity contribution in [2.45, 2.75) is 39.4 Å². The predicted octanol–water partition coefficient (Wildman–Crippen LogP) is 2.81. The number of fused-ring (bicyclic) bond motifs is 2. The quantitative estimate of drug-likeness (QED) is 0.464. The molecule has 2 aliphatic rings. The third-order valence-electron chi connectivity index (χ3n) is 6.75. The first kappa shape index (κ1) is 22.1. The molecule has 1 N–H and O–H groups in total. The lowest BCUT2D eigenvalue weighted by Crippen LogP contribution is -2.33. The summed E-state index contributed by atoms with van der Waals surface area (Å²) in [7, 11) is 0. The van der Waals surface area contributed by atoms with Gasteiger partial charge in [0.2, 0.25) is 0 Å². The number of hydrogen-bond donors (Lipinski definition) is 1. The molecule has 0 aromatic carbocycles. The summed E-state index contributed by atoms with van der Waals surface area (Å²) in [6, 6.07) is 9.84. The van der Waals surface area contributed by atoms with E-state index in [-0.39, 0.29) is 5.91 Å². The minimum atomic E-state index is -0.243. The summed E-state index contributed by atoms with van der Waals surface area (Å²) in [6.45, 7) is 5.79. The third kappa shape index (κ3) is 4.26. The smallest absolute Gasteiger partial charge is 0.272 e. The average Bonchev–Trinajstić information content (AvgIpc) is 3.41. The Morgan fingerprint density at radius 1 is 1.06 bits per heavy atom. The van der Waals surface area contributed by atoms with Gasteiger partial charge in [0.15, 0.2) is 11.5 Å². The van der Waals surface area contributed by atoms with Gasteiger partial charge in [-0.15, -0.1) is 10.2 Å². The highest BCUT2D eigenvalue weighted by Crippen LogP contribution is 2.32. The Balaban J connectivity index is 1.18.